The third-order valence-electron chi connectivity index (χ3n) is 4.62. The van der Waals surface area contributed by atoms with Crippen molar-refractivity contribution in [1.29, 1.82) is 0 Å². The van der Waals surface area contributed by atoms with Crippen molar-refractivity contribution >= 4 is 6.09 Å². The lowest BCUT2D eigenvalue weighted by Crippen LogP contribution is -2.63. The monoisotopic (exact) mass is 281 g/mol. The van der Waals surface area contributed by atoms with Gasteiger partial charge < -0.3 is 19.9 Å². The Labute approximate surface area is 121 Å². The van der Waals surface area contributed by atoms with Crippen LogP contribution in [0.25, 0.3) is 0 Å². The Balaban J connectivity index is 1.41. The molecule has 1 amide bonds. The maximum atomic E-state index is 11.9. The normalized spacial score (nSPS) is 34.0. The molecule has 3 aliphatic rings. The van der Waals surface area contributed by atoms with Crippen molar-refractivity contribution in [3.05, 3.63) is 0 Å². The van der Waals surface area contributed by atoms with E-state index in [1.165, 1.54) is 32.5 Å². The summed E-state index contributed by atoms with van der Waals surface area (Å²) in [5, 5.41) is 3.75. The number of hydrogen-bond acceptors (Lipinski definition) is 4. The molecule has 2 bridgehead atoms. The maximum absolute atomic E-state index is 11.9. The first-order chi connectivity index (χ1) is 9.40. The molecule has 3 heterocycles. The number of amides is 1. The maximum Gasteiger partial charge on any atom is 0.410 e. The van der Waals surface area contributed by atoms with Gasteiger partial charge in [0.25, 0.3) is 0 Å². The number of likely N-dealkylation sites (tertiary alicyclic amines) is 1. The molecule has 114 valence electrons. The van der Waals surface area contributed by atoms with Crippen LogP contribution < -0.4 is 5.32 Å². The lowest BCUT2D eigenvalue weighted by atomic mass is 9.92. The van der Waals surface area contributed by atoms with Crippen molar-refractivity contribution in [1.82, 2.24) is 15.1 Å². The van der Waals surface area contributed by atoms with Crippen LogP contribution in [0.4, 0.5) is 4.79 Å². The van der Waals surface area contributed by atoms with E-state index in [9.17, 15) is 4.79 Å². The van der Waals surface area contributed by atoms with Crippen LogP contribution in [-0.4, -0.2) is 66.3 Å². The summed E-state index contributed by atoms with van der Waals surface area (Å²) in [6.07, 6.45) is 2.42. The minimum atomic E-state index is -0.397. The predicted octanol–water partition coefficient (Wildman–Crippen LogP) is 1.29. The van der Waals surface area contributed by atoms with Gasteiger partial charge in [-0.05, 0) is 52.6 Å². The second-order valence-electron chi connectivity index (χ2n) is 7.49. The van der Waals surface area contributed by atoms with Gasteiger partial charge in [-0.1, -0.05) is 0 Å². The van der Waals surface area contributed by atoms with Crippen LogP contribution in [0.1, 0.15) is 33.6 Å². The molecule has 0 aromatic rings. The number of nitrogens with one attached hydrogen (secondary N) is 1. The van der Waals surface area contributed by atoms with Gasteiger partial charge in [0.2, 0.25) is 0 Å². The quantitative estimate of drug-likeness (QED) is 0.828. The summed E-state index contributed by atoms with van der Waals surface area (Å²) in [4.78, 5) is 16.2. The van der Waals surface area contributed by atoms with Crippen LogP contribution in [0.15, 0.2) is 0 Å². The number of carbonyl (C=O) groups is 1. The van der Waals surface area contributed by atoms with Crippen molar-refractivity contribution in [2.45, 2.75) is 51.3 Å². The van der Waals surface area contributed by atoms with Gasteiger partial charge in [-0.3, -0.25) is 0 Å². The van der Waals surface area contributed by atoms with Crippen molar-refractivity contribution in [2.75, 3.05) is 32.7 Å². The fourth-order valence-corrected chi connectivity index (χ4v) is 3.53. The molecule has 3 atom stereocenters. The highest BCUT2D eigenvalue weighted by Gasteiger charge is 2.39. The van der Waals surface area contributed by atoms with Gasteiger partial charge in [0.05, 0.1) is 0 Å². The van der Waals surface area contributed by atoms with E-state index in [2.05, 4.69) is 10.2 Å². The van der Waals surface area contributed by atoms with Crippen molar-refractivity contribution in [2.24, 2.45) is 5.92 Å². The van der Waals surface area contributed by atoms with Crippen LogP contribution in [-0.2, 0) is 4.74 Å². The Kier molecular flexibility index (Phi) is 3.67. The molecule has 0 aromatic heterocycles. The van der Waals surface area contributed by atoms with E-state index in [1.54, 1.807) is 4.90 Å². The first kappa shape index (κ1) is 14.1. The van der Waals surface area contributed by atoms with Gasteiger partial charge in [0.1, 0.15) is 5.60 Å². The molecule has 5 nitrogen and oxygen atoms in total. The summed E-state index contributed by atoms with van der Waals surface area (Å²) in [6, 6.07) is 1.11. The first-order valence-electron chi connectivity index (χ1n) is 7.87. The average Bonchev–Trinajstić information content (AvgIpc) is 2.66. The number of hydrogen-bond donors (Lipinski definition) is 1. The zero-order chi connectivity index (χ0) is 14.3. The molecule has 0 aromatic carbocycles. The van der Waals surface area contributed by atoms with Crippen LogP contribution in [0.2, 0.25) is 0 Å². The van der Waals surface area contributed by atoms with E-state index in [-0.39, 0.29) is 6.09 Å². The fourth-order valence-electron chi connectivity index (χ4n) is 3.53. The van der Waals surface area contributed by atoms with E-state index in [4.69, 9.17) is 4.74 Å². The summed E-state index contributed by atoms with van der Waals surface area (Å²) in [6.45, 7) is 11.1. The molecule has 0 aliphatic carbocycles. The molecule has 0 saturated carbocycles. The van der Waals surface area contributed by atoms with Crippen molar-refractivity contribution in [3.8, 4) is 0 Å². The summed E-state index contributed by atoms with van der Waals surface area (Å²) in [5.41, 5.74) is -0.397. The Morgan fingerprint density at radius 3 is 2.55 bits per heavy atom. The predicted molar refractivity (Wildman–Crippen MR) is 77.7 cm³/mol. The third kappa shape index (κ3) is 3.09. The van der Waals surface area contributed by atoms with Gasteiger partial charge in [-0.25, -0.2) is 4.79 Å². The Morgan fingerprint density at radius 2 is 1.85 bits per heavy atom. The summed E-state index contributed by atoms with van der Waals surface area (Å²) < 4.78 is 5.38. The lowest BCUT2D eigenvalue weighted by molar-refractivity contribution is 0.00265. The highest BCUT2D eigenvalue weighted by molar-refractivity contribution is 5.69. The number of piperidine rings is 1. The Morgan fingerprint density at radius 1 is 1.15 bits per heavy atom. The van der Waals surface area contributed by atoms with Gasteiger partial charge in [-0.2, -0.15) is 0 Å². The number of rotatable bonds is 2. The van der Waals surface area contributed by atoms with Crippen LogP contribution in [0, 0.1) is 5.92 Å². The molecule has 0 radical (unpaired) electrons. The molecule has 0 spiro atoms. The highest BCUT2D eigenvalue weighted by Crippen LogP contribution is 2.28. The smallest absolute Gasteiger partial charge is 0.410 e. The van der Waals surface area contributed by atoms with Gasteiger partial charge in [-0.15, -0.1) is 0 Å². The van der Waals surface area contributed by atoms with E-state index in [1.807, 2.05) is 20.8 Å². The van der Waals surface area contributed by atoms with Crippen LogP contribution in [0.5, 0.6) is 0 Å². The summed E-state index contributed by atoms with van der Waals surface area (Å²) in [7, 11) is 0. The molecule has 3 aliphatic heterocycles. The molecule has 3 unspecified atom stereocenters. The Hall–Kier alpha value is -0.810. The largest absolute Gasteiger partial charge is 0.444 e. The lowest BCUT2D eigenvalue weighted by Gasteiger charge is -2.43. The van der Waals surface area contributed by atoms with E-state index < -0.39 is 5.60 Å². The molecule has 3 fully saturated rings. The number of carbonyl (C=O) groups excluding carboxylic acids is 1. The summed E-state index contributed by atoms with van der Waals surface area (Å²) >= 11 is 0. The molecule has 3 saturated heterocycles. The molecule has 1 N–H and O–H groups in total. The second kappa shape index (κ2) is 5.19. The van der Waals surface area contributed by atoms with E-state index in [0.717, 1.165) is 19.0 Å². The van der Waals surface area contributed by atoms with E-state index in [0.29, 0.717) is 12.1 Å². The van der Waals surface area contributed by atoms with Crippen molar-refractivity contribution < 1.29 is 9.53 Å². The minimum absolute atomic E-state index is 0.175. The second-order valence-corrected chi connectivity index (χ2v) is 7.49. The SMILES string of the molecule is CC(C)(C)OC(=O)N1CC(NC2CCN3CCC2C3)C1. The number of ether oxygens (including phenoxy) is 1. The molecule has 20 heavy (non-hydrogen) atoms. The molecular weight excluding hydrogens is 254 g/mol. The zero-order valence-electron chi connectivity index (χ0n) is 12.9. The minimum Gasteiger partial charge on any atom is -0.444 e. The van der Waals surface area contributed by atoms with Gasteiger partial charge in [0, 0.05) is 31.7 Å². The van der Waals surface area contributed by atoms with Crippen molar-refractivity contribution in [3.63, 3.8) is 0 Å². The third-order valence-corrected chi connectivity index (χ3v) is 4.62. The number of nitrogens with zero attached hydrogens (tertiary/aromatic N) is 2. The van der Waals surface area contributed by atoms with Gasteiger partial charge >= 0.3 is 6.09 Å². The molecular formula is C15H27N3O2. The van der Waals surface area contributed by atoms with Crippen LogP contribution in [0.3, 0.4) is 0 Å². The highest BCUT2D eigenvalue weighted by atomic mass is 16.6. The fraction of sp³-hybridized carbons (Fsp3) is 0.933. The summed E-state index contributed by atoms with van der Waals surface area (Å²) in [5.74, 6) is 0.819. The molecule has 3 rings (SSSR count). The number of fused-ring (bicyclic) bond motifs is 2. The molecule has 5 heteroatoms. The van der Waals surface area contributed by atoms with Crippen LogP contribution >= 0.6 is 0 Å². The standard InChI is InChI=1S/C15H27N3O2/c1-15(2,3)20-14(19)18-9-12(10-18)16-13-5-7-17-6-4-11(13)8-17/h11-13,16H,4-10H2,1-3H3. The topological polar surface area (TPSA) is 44.8 Å². The van der Waals surface area contributed by atoms with E-state index >= 15 is 0 Å². The first-order valence-corrected chi connectivity index (χ1v) is 7.87. The van der Waals surface area contributed by atoms with Gasteiger partial charge in [0.15, 0.2) is 0 Å². The Bertz CT molecular complexity index is 374. The zero-order valence-corrected chi connectivity index (χ0v) is 12.9. The average molecular weight is 281 g/mol.